The number of hydrogen-bond acceptors (Lipinski definition) is 2. The Morgan fingerprint density at radius 1 is 1.11 bits per heavy atom. The second-order valence-electron chi connectivity index (χ2n) is 5.73. The fourth-order valence-corrected chi connectivity index (χ4v) is 3.64. The molecule has 0 spiro atoms. The lowest BCUT2D eigenvalue weighted by Gasteiger charge is -2.42. The summed E-state index contributed by atoms with van der Waals surface area (Å²) in [5, 5.41) is 10.7. The Kier molecular flexibility index (Phi) is 2.87. The molecule has 2 bridgehead atoms. The highest BCUT2D eigenvalue weighted by molar-refractivity contribution is 5.29. The Balaban J connectivity index is 2.03. The third-order valence-corrected chi connectivity index (χ3v) is 4.60. The van der Waals surface area contributed by atoms with Crippen LogP contribution in [-0.4, -0.2) is 29.1 Å². The van der Waals surface area contributed by atoms with E-state index in [9.17, 15) is 18.3 Å². The number of rotatable bonds is 1. The second kappa shape index (κ2) is 4.21. The summed E-state index contributed by atoms with van der Waals surface area (Å²) in [7, 11) is 1.97. The molecule has 2 aliphatic heterocycles. The molecule has 2 heterocycles. The number of fused-ring (bicyclic) bond motifs is 2. The van der Waals surface area contributed by atoms with Crippen LogP contribution >= 0.6 is 0 Å². The van der Waals surface area contributed by atoms with Crippen molar-refractivity contribution in [3.05, 3.63) is 35.1 Å². The number of nitrogens with zero attached hydrogens (tertiary/aromatic N) is 1. The number of halogens is 3. The van der Waals surface area contributed by atoms with Crippen molar-refractivity contribution in [1.82, 2.24) is 4.90 Å². The van der Waals surface area contributed by atoms with E-state index < -0.39 is 23.1 Å². The number of hydrogen-bond donors (Lipinski definition) is 1. The molecule has 1 aromatic rings. The molecule has 0 radical (unpaired) electrons. The SMILES string of the molecule is CN1C2CCC1CC(O)(c1c(F)cc(F)cc1F)C2. The lowest BCUT2D eigenvalue weighted by atomic mass is 9.80. The standard InChI is InChI=1S/C14H16F3NO/c1-18-9-2-3-10(18)7-14(19,6-9)13-11(16)4-8(15)5-12(13)17/h4-5,9-10,19H,2-3,6-7H2,1H3. The van der Waals surface area contributed by atoms with Crippen molar-refractivity contribution >= 4 is 0 Å². The maximum atomic E-state index is 13.9. The van der Waals surface area contributed by atoms with E-state index in [1.165, 1.54) is 0 Å². The highest BCUT2D eigenvalue weighted by Crippen LogP contribution is 2.46. The van der Waals surface area contributed by atoms with Crippen molar-refractivity contribution in [1.29, 1.82) is 0 Å². The predicted octanol–water partition coefficient (Wildman–Crippen LogP) is 2.55. The topological polar surface area (TPSA) is 23.5 Å². The Morgan fingerprint density at radius 3 is 2.05 bits per heavy atom. The van der Waals surface area contributed by atoms with Crippen molar-refractivity contribution in [2.24, 2.45) is 0 Å². The first kappa shape index (κ1) is 12.9. The smallest absolute Gasteiger partial charge is 0.135 e. The van der Waals surface area contributed by atoms with Gasteiger partial charge in [0.15, 0.2) is 0 Å². The molecule has 1 N–H and O–H groups in total. The molecule has 2 fully saturated rings. The Bertz CT molecular complexity index is 482. The van der Waals surface area contributed by atoms with Crippen LogP contribution < -0.4 is 0 Å². The van der Waals surface area contributed by atoms with Crippen LogP contribution in [0.15, 0.2) is 12.1 Å². The van der Waals surface area contributed by atoms with Gasteiger partial charge in [-0.2, -0.15) is 0 Å². The predicted molar refractivity (Wildman–Crippen MR) is 64.0 cm³/mol. The summed E-state index contributed by atoms with van der Waals surface area (Å²) in [6.07, 6.45) is 2.43. The summed E-state index contributed by atoms with van der Waals surface area (Å²) < 4.78 is 40.7. The van der Waals surface area contributed by atoms with Crippen LogP contribution in [0.5, 0.6) is 0 Å². The van der Waals surface area contributed by atoms with Crippen molar-refractivity contribution in [2.75, 3.05) is 7.05 Å². The summed E-state index contributed by atoms with van der Waals surface area (Å²) in [6.45, 7) is 0. The van der Waals surface area contributed by atoms with Crippen molar-refractivity contribution < 1.29 is 18.3 Å². The minimum Gasteiger partial charge on any atom is -0.385 e. The zero-order chi connectivity index (χ0) is 13.8. The number of benzene rings is 1. The Hall–Kier alpha value is -1.07. The third kappa shape index (κ3) is 1.96. The molecule has 3 rings (SSSR count). The summed E-state index contributed by atoms with van der Waals surface area (Å²) in [5.74, 6) is -2.95. The highest BCUT2D eigenvalue weighted by atomic mass is 19.1. The zero-order valence-corrected chi connectivity index (χ0v) is 10.7. The van der Waals surface area contributed by atoms with Gasteiger partial charge in [0.1, 0.15) is 17.5 Å². The molecule has 2 saturated heterocycles. The van der Waals surface area contributed by atoms with Gasteiger partial charge >= 0.3 is 0 Å². The molecule has 2 nitrogen and oxygen atoms in total. The molecule has 0 aromatic heterocycles. The first-order valence-electron chi connectivity index (χ1n) is 6.50. The van der Waals surface area contributed by atoms with Crippen molar-refractivity contribution in [3.8, 4) is 0 Å². The molecule has 5 heteroatoms. The highest BCUT2D eigenvalue weighted by Gasteiger charge is 2.48. The summed E-state index contributed by atoms with van der Waals surface area (Å²) in [6, 6.07) is 1.54. The molecule has 2 unspecified atom stereocenters. The number of piperidine rings is 1. The molecule has 0 aliphatic carbocycles. The first-order valence-corrected chi connectivity index (χ1v) is 6.50. The monoisotopic (exact) mass is 271 g/mol. The van der Waals surface area contributed by atoms with Crippen LogP contribution in [0.4, 0.5) is 13.2 Å². The van der Waals surface area contributed by atoms with Gasteiger partial charge in [-0.15, -0.1) is 0 Å². The van der Waals surface area contributed by atoms with Gasteiger partial charge in [-0.25, -0.2) is 13.2 Å². The van der Waals surface area contributed by atoms with Gasteiger partial charge in [0.25, 0.3) is 0 Å². The molecule has 0 saturated carbocycles. The maximum absolute atomic E-state index is 13.9. The summed E-state index contributed by atoms with van der Waals surface area (Å²) in [5.41, 5.74) is -1.90. The minimum absolute atomic E-state index is 0.132. The normalized spacial score (nSPS) is 34.8. The van der Waals surface area contributed by atoms with E-state index in [0.29, 0.717) is 25.0 Å². The van der Waals surface area contributed by atoms with E-state index in [4.69, 9.17) is 0 Å². The summed E-state index contributed by atoms with van der Waals surface area (Å²) in [4.78, 5) is 2.16. The molecular formula is C14H16F3NO. The molecule has 19 heavy (non-hydrogen) atoms. The second-order valence-corrected chi connectivity index (χ2v) is 5.73. The third-order valence-electron chi connectivity index (χ3n) is 4.60. The Labute approximate surface area is 109 Å². The van der Waals surface area contributed by atoms with E-state index in [2.05, 4.69) is 4.90 Å². The molecule has 2 atom stereocenters. The quantitative estimate of drug-likeness (QED) is 0.848. The fraction of sp³-hybridized carbons (Fsp3) is 0.571. The van der Waals surface area contributed by atoms with E-state index in [0.717, 1.165) is 12.8 Å². The van der Waals surface area contributed by atoms with Crippen molar-refractivity contribution in [3.63, 3.8) is 0 Å². The average molecular weight is 271 g/mol. The van der Waals surface area contributed by atoms with Gasteiger partial charge in [0, 0.05) is 24.2 Å². The van der Waals surface area contributed by atoms with Crippen molar-refractivity contribution in [2.45, 2.75) is 43.4 Å². The first-order chi connectivity index (χ1) is 8.90. The molecule has 1 aromatic carbocycles. The Morgan fingerprint density at radius 2 is 1.58 bits per heavy atom. The van der Waals surface area contributed by atoms with Gasteiger partial charge in [-0.05, 0) is 32.7 Å². The lowest BCUT2D eigenvalue weighted by molar-refractivity contribution is -0.0540. The van der Waals surface area contributed by atoms with Crippen LogP contribution in [-0.2, 0) is 5.60 Å². The van der Waals surface area contributed by atoms with Gasteiger partial charge in [0.05, 0.1) is 11.2 Å². The van der Waals surface area contributed by atoms with E-state index in [1.54, 1.807) is 0 Å². The lowest BCUT2D eigenvalue weighted by Crippen LogP contribution is -2.48. The van der Waals surface area contributed by atoms with Crippen LogP contribution in [0.2, 0.25) is 0 Å². The molecule has 104 valence electrons. The molecule has 0 amide bonds. The number of aliphatic hydroxyl groups is 1. The zero-order valence-electron chi connectivity index (χ0n) is 10.7. The van der Waals surface area contributed by atoms with Crippen LogP contribution in [0, 0.1) is 17.5 Å². The molecule has 2 aliphatic rings. The van der Waals surface area contributed by atoms with Crippen LogP contribution in [0.25, 0.3) is 0 Å². The van der Waals surface area contributed by atoms with Gasteiger partial charge in [-0.1, -0.05) is 0 Å². The molecular weight excluding hydrogens is 255 g/mol. The van der Waals surface area contributed by atoms with Gasteiger partial charge in [0.2, 0.25) is 0 Å². The van der Waals surface area contributed by atoms with Crippen LogP contribution in [0.1, 0.15) is 31.2 Å². The van der Waals surface area contributed by atoms with E-state index in [-0.39, 0.29) is 17.6 Å². The van der Waals surface area contributed by atoms with Crippen LogP contribution in [0.3, 0.4) is 0 Å². The maximum Gasteiger partial charge on any atom is 0.135 e. The minimum atomic E-state index is -1.53. The van der Waals surface area contributed by atoms with E-state index in [1.807, 2.05) is 7.05 Å². The summed E-state index contributed by atoms with van der Waals surface area (Å²) >= 11 is 0. The average Bonchev–Trinajstić information content (AvgIpc) is 2.53. The fourth-order valence-electron chi connectivity index (χ4n) is 3.64. The van der Waals surface area contributed by atoms with Gasteiger partial charge in [-0.3, -0.25) is 0 Å². The van der Waals surface area contributed by atoms with Gasteiger partial charge < -0.3 is 10.0 Å². The largest absolute Gasteiger partial charge is 0.385 e. The van der Waals surface area contributed by atoms with E-state index >= 15 is 0 Å².